The first kappa shape index (κ1) is 26.4. The first-order valence-corrected chi connectivity index (χ1v) is 13.1. The van der Waals surface area contributed by atoms with E-state index < -0.39 is 17.8 Å². The summed E-state index contributed by atoms with van der Waals surface area (Å²) in [6.45, 7) is 5.86. The van der Waals surface area contributed by atoms with Crippen LogP contribution in [0.4, 0.5) is 4.79 Å². The van der Waals surface area contributed by atoms with Gasteiger partial charge in [-0.1, -0.05) is 42.1 Å². The van der Waals surface area contributed by atoms with Gasteiger partial charge in [0.2, 0.25) is 5.12 Å². The SMILES string of the molecule is COc1ccc(CN(C(=O)OC(C)(C)C)[C@@H]2C[C@H]3C2C[C@@H](SC(=O)c2ccccc2)[C@@H]3O)c(OC)c1. The fourth-order valence-corrected chi connectivity index (χ4v) is 6.39. The molecular formula is C28H35NO6S. The van der Waals surface area contributed by atoms with E-state index in [-0.39, 0.29) is 28.2 Å². The number of hydrogen-bond donors (Lipinski definition) is 1. The second-order valence-electron chi connectivity index (χ2n) is 10.5. The third-order valence-electron chi connectivity index (χ3n) is 7.01. The van der Waals surface area contributed by atoms with E-state index >= 15 is 0 Å². The Morgan fingerprint density at radius 2 is 1.75 bits per heavy atom. The number of rotatable bonds is 7. The van der Waals surface area contributed by atoms with Gasteiger partial charge >= 0.3 is 6.09 Å². The predicted octanol–water partition coefficient (Wildman–Crippen LogP) is 5.15. The second-order valence-corrected chi connectivity index (χ2v) is 11.7. The van der Waals surface area contributed by atoms with Crippen LogP contribution in [-0.4, -0.2) is 58.4 Å². The van der Waals surface area contributed by atoms with Crippen LogP contribution in [0.15, 0.2) is 48.5 Å². The zero-order valence-electron chi connectivity index (χ0n) is 21.5. The number of thioether (sulfide) groups is 1. The van der Waals surface area contributed by atoms with E-state index in [1.54, 1.807) is 37.3 Å². The summed E-state index contributed by atoms with van der Waals surface area (Å²) >= 11 is 1.20. The minimum atomic E-state index is -0.641. The van der Waals surface area contributed by atoms with Crippen LogP contribution < -0.4 is 9.47 Å². The normalized spacial score (nSPS) is 24.9. The van der Waals surface area contributed by atoms with Gasteiger partial charge in [-0.05, 0) is 57.6 Å². The molecule has 0 aliphatic heterocycles. The molecule has 7 nitrogen and oxygen atoms in total. The van der Waals surface area contributed by atoms with Crippen molar-refractivity contribution in [2.45, 2.75) is 63.2 Å². The van der Waals surface area contributed by atoms with E-state index in [1.807, 2.05) is 51.1 Å². The third kappa shape index (κ3) is 5.65. The first-order chi connectivity index (χ1) is 17.1. The number of carbonyl (C=O) groups is 2. The lowest BCUT2D eigenvalue weighted by Gasteiger charge is -2.47. The zero-order valence-corrected chi connectivity index (χ0v) is 22.3. The van der Waals surface area contributed by atoms with Crippen LogP contribution in [0.25, 0.3) is 0 Å². The van der Waals surface area contributed by atoms with E-state index in [0.717, 1.165) is 5.56 Å². The van der Waals surface area contributed by atoms with Crippen molar-refractivity contribution in [3.05, 3.63) is 59.7 Å². The molecule has 194 valence electrons. The maximum atomic E-state index is 13.4. The molecule has 0 bridgehead atoms. The monoisotopic (exact) mass is 513 g/mol. The molecule has 8 heteroatoms. The Labute approximate surface area is 217 Å². The molecule has 36 heavy (non-hydrogen) atoms. The number of nitrogens with zero attached hydrogens (tertiary/aromatic N) is 1. The fourth-order valence-electron chi connectivity index (χ4n) is 5.19. The van der Waals surface area contributed by atoms with Crippen molar-refractivity contribution in [1.29, 1.82) is 0 Å². The van der Waals surface area contributed by atoms with Crippen molar-refractivity contribution >= 4 is 23.0 Å². The van der Waals surface area contributed by atoms with Gasteiger partial charge in [0, 0.05) is 28.5 Å². The lowest BCUT2D eigenvalue weighted by molar-refractivity contribution is -0.0424. The highest BCUT2D eigenvalue weighted by Crippen LogP contribution is 2.53. The summed E-state index contributed by atoms with van der Waals surface area (Å²) in [7, 11) is 3.19. The minimum Gasteiger partial charge on any atom is -0.497 e. The van der Waals surface area contributed by atoms with Crippen LogP contribution >= 0.6 is 11.8 Å². The Balaban J connectivity index is 1.52. The lowest BCUT2D eigenvalue weighted by Crippen LogP contribution is -2.55. The Hall–Kier alpha value is -2.71. The molecule has 2 aliphatic carbocycles. The van der Waals surface area contributed by atoms with E-state index in [2.05, 4.69) is 0 Å². The molecule has 0 heterocycles. The Kier molecular flexibility index (Phi) is 7.85. The van der Waals surface area contributed by atoms with Crippen LogP contribution in [0.1, 0.15) is 49.5 Å². The van der Waals surface area contributed by atoms with Crippen molar-refractivity contribution in [2.75, 3.05) is 14.2 Å². The maximum Gasteiger partial charge on any atom is 0.410 e. The van der Waals surface area contributed by atoms with Gasteiger partial charge in [-0.3, -0.25) is 4.79 Å². The molecule has 0 saturated heterocycles. The van der Waals surface area contributed by atoms with Gasteiger partial charge in [0.15, 0.2) is 0 Å². The summed E-state index contributed by atoms with van der Waals surface area (Å²) in [6, 6.07) is 14.6. The zero-order chi connectivity index (χ0) is 26.0. The summed E-state index contributed by atoms with van der Waals surface area (Å²) in [5.74, 6) is 1.45. The maximum absolute atomic E-state index is 13.4. The average Bonchev–Trinajstić information content (AvgIpc) is 3.07. The van der Waals surface area contributed by atoms with E-state index in [1.165, 1.54) is 11.8 Å². The van der Waals surface area contributed by atoms with Crippen LogP contribution in [0, 0.1) is 11.8 Å². The molecular weight excluding hydrogens is 478 g/mol. The predicted molar refractivity (Wildman–Crippen MR) is 139 cm³/mol. The summed E-state index contributed by atoms with van der Waals surface area (Å²) in [6.07, 6.45) is 0.355. The van der Waals surface area contributed by atoms with E-state index in [9.17, 15) is 14.7 Å². The number of aliphatic hydroxyl groups excluding tert-OH is 1. The summed E-state index contributed by atoms with van der Waals surface area (Å²) in [4.78, 5) is 27.9. The van der Waals surface area contributed by atoms with Crippen molar-refractivity contribution < 1.29 is 28.9 Å². The van der Waals surface area contributed by atoms with Gasteiger partial charge in [-0.25, -0.2) is 4.79 Å². The van der Waals surface area contributed by atoms with Crippen LogP contribution in [-0.2, 0) is 11.3 Å². The molecule has 4 rings (SSSR count). The largest absolute Gasteiger partial charge is 0.497 e. The second kappa shape index (κ2) is 10.7. The van der Waals surface area contributed by atoms with Gasteiger partial charge in [-0.2, -0.15) is 0 Å². The quantitative estimate of drug-likeness (QED) is 0.548. The molecule has 2 saturated carbocycles. The summed E-state index contributed by atoms with van der Waals surface area (Å²) in [5, 5.41) is 10.7. The number of ether oxygens (including phenoxy) is 3. The number of carbonyl (C=O) groups excluding carboxylic acids is 2. The molecule has 0 spiro atoms. The minimum absolute atomic E-state index is 0.0375. The van der Waals surface area contributed by atoms with Crippen molar-refractivity contribution in [3.8, 4) is 11.5 Å². The molecule has 1 N–H and O–H groups in total. The number of fused-ring (bicyclic) bond motifs is 1. The fraction of sp³-hybridized carbons (Fsp3) is 0.500. The van der Waals surface area contributed by atoms with Gasteiger partial charge in [0.25, 0.3) is 0 Å². The average molecular weight is 514 g/mol. The summed E-state index contributed by atoms with van der Waals surface area (Å²) in [5.41, 5.74) is 0.835. The highest BCUT2D eigenvalue weighted by atomic mass is 32.2. The van der Waals surface area contributed by atoms with Gasteiger partial charge in [0.1, 0.15) is 17.1 Å². The number of methoxy groups -OCH3 is 2. The topological polar surface area (TPSA) is 85.3 Å². The molecule has 1 amide bonds. The molecule has 2 aromatic carbocycles. The third-order valence-corrected chi connectivity index (χ3v) is 8.24. The Morgan fingerprint density at radius 3 is 2.39 bits per heavy atom. The number of aliphatic hydroxyl groups is 1. The molecule has 5 atom stereocenters. The van der Waals surface area contributed by atoms with Crippen molar-refractivity contribution in [1.82, 2.24) is 4.90 Å². The van der Waals surface area contributed by atoms with Crippen LogP contribution in [0.5, 0.6) is 11.5 Å². The molecule has 2 aliphatic rings. The summed E-state index contributed by atoms with van der Waals surface area (Å²) < 4.78 is 16.7. The molecule has 1 unspecified atom stereocenters. The van der Waals surface area contributed by atoms with E-state index in [0.29, 0.717) is 36.4 Å². The Morgan fingerprint density at radius 1 is 1.03 bits per heavy atom. The van der Waals surface area contributed by atoms with Gasteiger partial charge in [0.05, 0.1) is 26.9 Å². The Bertz CT molecular complexity index is 1090. The molecule has 2 fully saturated rings. The standard InChI is InChI=1S/C28H35NO6S/c1-28(2,3)35-27(32)29(16-18-11-12-19(33-4)13-23(18)34-5)22-14-21-20(22)15-24(25(21)30)36-26(31)17-9-7-6-8-10-17/h6-13,20-22,24-25,30H,14-16H2,1-5H3/t20?,21-,22+,24+,25+/m0/s1. The van der Waals surface area contributed by atoms with Gasteiger partial charge < -0.3 is 24.2 Å². The highest BCUT2D eigenvalue weighted by molar-refractivity contribution is 8.14. The first-order valence-electron chi connectivity index (χ1n) is 12.3. The smallest absolute Gasteiger partial charge is 0.410 e. The molecule has 0 radical (unpaired) electrons. The van der Waals surface area contributed by atoms with Crippen LogP contribution in [0.2, 0.25) is 0 Å². The molecule has 0 aromatic heterocycles. The molecule has 2 aromatic rings. The van der Waals surface area contributed by atoms with Crippen molar-refractivity contribution in [3.63, 3.8) is 0 Å². The number of amides is 1. The lowest BCUT2D eigenvalue weighted by atomic mass is 9.70. The van der Waals surface area contributed by atoms with Crippen molar-refractivity contribution in [2.24, 2.45) is 11.8 Å². The van der Waals surface area contributed by atoms with Gasteiger partial charge in [-0.15, -0.1) is 0 Å². The highest BCUT2D eigenvalue weighted by Gasteiger charge is 2.56. The van der Waals surface area contributed by atoms with Crippen LogP contribution in [0.3, 0.4) is 0 Å². The number of hydrogen-bond acceptors (Lipinski definition) is 7. The number of benzene rings is 2. The van der Waals surface area contributed by atoms with E-state index in [4.69, 9.17) is 14.2 Å².